The number of carbonyl (C=O) groups excluding carboxylic acids is 1. The number of fused-ring (bicyclic) bond motifs is 1. The lowest BCUT2D eigenvalue weighted by Crippen LogP contribution is -2.45. The van der Waals surface area contributed by atoms with Gasteiger partial charge in [0.05, 0.1) is 6.61 Å². The zero-order valence-corrected chi connectivity index (χ0v) is 15.6. The van der Waals surface area contributed by atoms with Crippen LogP contribution in [0.15, 0.2) is 42.5 Å². The van der Waals surface area contributed by atoms with Crippen molar-refractivity contribution >= 4 is 11.6 Å². The predicted octanol–water partition coefficient (Wildman–Crippen LogP) is 2.01. The maximum Gasteiger partial charge on any atom is 0.239 e. The smallest absolute Gasteiger partial charge is 0.239 e. The van der Waals surface area contributed by atoms with Gasteiger partial charge >= 0.3 is 0 Å². The molecule has 1 unspecified atom stereocenters. The van der Waals surface area contributed by atoms with E-state index in [2.05, 4.69) is 10.2 Å². The molecule has 0 bridgehead atoms. The van der Waals surface area contributed by atoms with Crippen molar-refractivity contribution in [1.29, 1.82) is 0 Å². The number of ether oxygens (including phenoxy) is 2. The fourth-order valence-electron chi connectivity index (χ4n) is 3.96. The van der Waals surface area contributed by atoms with E-state index in [0.717, 1.165) is 42.7 Å². The Balaban J connectivity index is 1.43. The van der Waals surface area contributed by atoms with Gasteiger partial charge in [-0.1, -0.05) is 24.3 Å². The summed E-state index contributed by atoms with van der Waals surface area (Å²) in [6.07, 6.45) is 1.77. The molecule has 148 valence electrons. The number of primary amides is 1. The van der Waals surface area contributed by atoms with Crippen LogP contribution in [0.25, 0.3) is 0 Å². The minimum atomic E-state index is -0.486. The first kappa shape index (κ1) is 18.6. The normalized spacial score (nSPS) is 18.0. The number of rotatable bonds is 6. The average molecular weight is 383 g/mol. The van der Waals surface area contributed by atoms with E-state index >= 15 is 0 Å². The molecule has 1 amide bonds. The van der Waals surface area contributed by atoms with Crippen LogP contribution in [0, 0.1) is 0 Å². The van der Waals surface area contributed by atoms with Crippen molar-refractivity contribution in [3.8, 4) is 11.5 Å². The maximum absolute atomic E-state index is 12.2. The quantitative estimate of drug-likeness (QED) is 0.706. The van der Waals surface area contributed by atoms with Crippen LogP contribution in [0.2, 0.25) is 0 Å². The third-order valence-electron chi connectivity index (χ3n) is 5.42. The van der Waals surface area contributed by atoms with Crippen molar-refractivity contribution in [1.82, 2.24) is 4.90 Å². The first-order valence-electron chi connectivity index (χ1n) is 9.54. The van der Waals surface area contributed by atoms with Crippen LogP contribution in [0.4, 0.5) is 5.69 Å². The summed E-state index contributed by atoms with van der Waals surface area (Å²) in [6, 6.07) is 13.1. The lowest BCUT2D eigenvalue weighted by atomic mass is 9.98. The number of hydrogen-bond donors (Lipinski definition) is 3. The SMILES string of the molecule is NC(=O)C(c1ccc2c(c1)OCO2)N1CCC(Nc2ccccc2CO)CC1. The highest BCUT2D eigenvalue weighted by molar-refractivity contribution is 5.81. The number of nitrogens with zero attached hydrogens (tertiary/aromatic N) is 1. The lowest BCUT2D eigenvalue weighted by Gasteiger charge is -2.37. The van der Waals surface area contributed by atoms with Crippen molar-refractivity contribution in [2.45, 2.75) is 31.5 Å². The molecular formula is C21H25N3O4. The summed E-state index contributed by atoms with van der Waals surface area (Å²) in [5.74, 6) is 0.981. The van der Waals surface area contributed by atoms with Crippen molar-refractivity contribution in [3.05, 3.63) is 53.6 Å². The molecule has 0 aromatic heterocycles. The standard InChI is InChI=1S/C21H25N3O4/c22-21(26)20(14-5-6-18-19(11-14)28-13-27-18)24-9-7-16(8-10-24)23-17-4-2-1-3-15(17)12-25/h1-6,11,16,20,23,25H,7-10,12-13H2,(H2,22,26). The van der Waals surface area contributed by atoms with Gasteiger partial charge in [-0.05, 0) is 36.6 Å². The number of anilines is 1. The Hall–Kier alpha value is -2.77. The van der Waals surface area contributed by atoms with Crippen LogP contribution in [-0.4, -0.2) is 41.8 Å². The van der Waals surface area contributed by atoms with E-state index in [1.165, 1.54) is 0 Å². The van der Waals surface area contributed by atoms with Gasteiger partial charge in [-0.25, -0.2) is 0 Å². The van der Waals surface area contributed by atoms with Crippen LogP contribution >= 0.6 is 0 Å². The van der Waals surface area contributed by atoms with Crippen molar-refractivity contribution in [3.63, 3.8) is 0 Å². The van der Waals surface area contributed by atoms with E-state index in [4.69, 9.17) is 15.2 Å². The molecule has 2 heterocycles. The molecule has 0 aliphatic carbocycles. The van der Waals surface area contributed by atoms with Gasteiger partial charge in [0, 0.05) is 30.4 Å². The highest BCUT2D eigenvalue weighted by Gasteiger charge is 2.31. The summed E-state index contributed by atoms with van der Waals surface area (Å²) in [5.41, 5.74) is 8.43. The topological polar surface area (TPSA) is 97.1 Å². The Morgan fingerprint density at radius 3 is 2.68 bits per heavy atom. The Morgan fingerprint density at radius 2 is 1.93 bits per heavy atom. The summed E-state index contributed by atoms with van der Waals surface area (Å²) in [5, 5.41) is 13.0. The first-order chi connectivity index (χ1) is 13.7. The molecule has 1 saturated heterocycles. The van der Waals surface area contributed by atoms with Crippen LogP contribution in [0.1, 0.15) is 30.0 Å². The number of amides is 1. The van der Waals surface area contributed by atoms with Gasteiger partial charge in [-0.3, -0.25) is 9.69 Å². The predicted molar refractivity (Wildman–Crippen MR) is 105 cm³/mol. The largest absolute Gasteiger partial charge is 0.454 e. The number of hydrogen-bond acceptors (Lipinski definition) is 6. The third-order valence-corrected chi connectivity index (χ3v) is 5.42. The molecule has 2 aliphatic rings. The summed E-state index contributed by atoms with van der Waals surface area (Å²) in [7, 11) is 0. The number of carbonyl (C=O) groups is 1. The summed E-state index contributed by atoms with van der Waals surface area (Å²) in [6.45, 7) is 1.71. The summed E-state index contributed by atoms with van der Waals surface area (Å²) >= 11 is 0. The lowest BCUT2D eigenvalue weighted by molar-refractivity contribution is -0.123. The first-order valence-corrected chi connectivity index (χ1v) is 9.54. The molecule has 28 heavy (non-hydrogen) atoms. The Morgan fingerprint density at radius 1 is 1.18 bits per heavy atom. The second kappa shape index (κ2) is 8.08. The monoisotopic (exact) mass is 383 g/mol. The van der Waals surface area contributed by atoms with Crippen LogP contribution in [-0.2, 0) is 11.4 Å². The van der Waals surface area contributed by atoms with Crippen LogP contribution in [0.5, 0.6) is 11.5 Å². The van der Waals surface area contributed by atoms with Crippen molar-refractivity contribution in [2.24, 2.45) is 5.73 Å². The van der Waals surface area contributed by atoms with Gasteiger partial charge in [0.25, 0.3) is 0 Å². The third kappa shape index (κ3) is 3.76. The summed E-state index contributed by atoms with van der Waals surface area (Å²) < 4.78 is 10.8. The number of para-hydroxylation sites is 1. The van der Waals surface area contributed by atoms with E-state index in [0.29, 0.717) is 11.5 Å². The highest BCUT2D eigenvalue weighted by atomic mass is 16.7. The number of benzene rings is 2. The molecule has 0 spiro atoms. The van der Waals surface area contributed by atoms with Gasteiger partial charge in [-0.2, -0.15) is 0 Å². The second-order valence-corrected chi connectivity index (χ2v) is 7.19. The number of piperidine rings is 1. The average Bonchev–Trinajstić information content (AvgIpc) is 3.17. The number of likely N-dealkylation sites (tertiary alicyclic amines) is 1. The molecule has 0 radical (unpaired) electrons. The number of aliphatic hydroxyl groups excluding tert-OH is 1. The molecular weight excluding hydrogens is 358 g/mol. The van der Waals surface area contributed by atoms with E-state index in [-0.39, 0.29) is 25.3 Å². The Bertz CT molecular complexity index is 849. The molecule has 7 heteroatoms. The Kier molecular flexibility index (Phi) is 5.36. The molecule has 0 saturated carbocycles. The number of nitrogens with one attached hydrogen (secondary N) is 1. The number of nitrogens with two attached hydrogens (primary N) is 1. The molecule has 4 N–H and O–H groups in total. The molecule has 4 rings (SSSR count). The van der Waals surface area contributed by atoms with E-state index < -0.39 is 6.04 Å². The molecule has 2 aromatic rings. The fourth-order valence-corrected chi connectivity index (χ4v) is 3.96. The van der Waals surface area contributed by atoms with Crippen LogP contribution < -0.4 is 20.5 Å². The van der Waals surface area contributed by atoms with E-state index in [1.54, 1.807) is 0 Å². The van der Waals surface area contributed by atoms with Gasteiger partial charge in [-0.15, -0.1) is 0 Å². The molecule has 1 atom stereocenters. The fraction of sp³-hybridized carbons (Fsp3) is 0.381. The van der Waals surface area contributed by atoms with Gasteiger partial charge in [0.15, 0.2) is 11.5 Å². The van der Waals surface area contributed by atoms with E-state index in [1.807, 2.05) is 42.5 Å². The van der Waals surface area contributed by atoms with E-state index in [9.17, 15) is 9.90 Å². The van der Waals surface area contributed by atoms with Gasteiger partial charge in [0.2, 0.25) is 12.7 Å². The molecule has 7 nitrogen and oxygen atoms in total. The zero-order chi connectivity index (χ0) is 19.5. The number of aliphatic hydroxyl groups is 1. The minimum absolute atomic E-state index is 0.00980. The van der Waals surface area contributed by atoms with Crippen LogP contribution in [0.3, 0.4) is 0 Å². The maximum atomic E-state index is 12.2. The molecule has 1 fully saturated rings. The highest BCUT2D eigenvalue weighted by Crippen LogP contribution is 2.36. The van der Waals surface area contributed by atoms with Crippen molar-refractivity contribution < 1.29 is 19.4 Å². The minimum Gasteiger partial charge on any atom is -0.454 e. The zero-order valence-electron chi connectivity index (χ0n) is 15.6. The van der Waals surface area contributed by atoms with Crippen molar-refractivity contribution in [2.75, 3.05) is 25.2 Å². The molecule has 2 aliphatic heterocycles. The summed E-state index contributed by atoms with van der Waals surface area (Å²) in [4.78, 5) is 14.3. The van der Waals surface area contributed by atoms with Gasteiger partial charge in [0.1, 0.15) is 6.04 Å². The second-order valence-electron chi connectivity index (χ2n) is 7.19. The van der Waals surface area contributed by atoms with Gasteiger partial charge < -0.3 is 25.6 Å². The Labute approximate surface area is 164 Å². The molecule has 2 aromatic carbocycles.